The van der Waals surface area contributed by atoms with Crippen LogP contribution in [-0.2, 0) is 5.41 Å². The van der Waals surface area contributed by atoms with Crippen molar-refractivity contribution in [2.24, 2.45) is 0 Å². The molecule has 1 N–H and O–H groups in total. The van der Waals surface area contributed by atoms with Gasteiger partial charge in [-0.05, 0) is 117 Å². The van der Waals surface area contributed by atoms with E-state index < -0.39 is 0 Å². The predicted molar refractivity (Wildman–Crippen MR) is 146 cm³/mol. The second-order valence-electron chi connectivity index (χ2n) is 9.92. The summed E-state index contributed by atoms with van der Waals surface area (Å²) in [5.41, 5.74) is 3.78. The standard InChI is InChI=1S/C29H33ClFN3S/c1-33(35-26-10-7-24(30)8-11-26)20-23(22-5-3-2-4-6-22)13-16-34-17-14-29(15-18-34)21-32-28-12-9-25(31)19-27(28)29/h2-12,19,23,32H,13-18,20-21H2,1H3. The number of benzene rings is 3. The van der Waals surface area contributed by atoms with Gasteiger partial charge in [0, 0.05) is 34.1 Å². The molecule has 3 aromatic rings. The fourth-order valence-electron chi connectivity index (χ4n) is 5.57. The molecular formula is C29H33ClFN3S. The number of likely N-dealkylation sites (tertiary alicyclic amines) is 1. The van der Waals surface area contributed by atoms with Crippen molar-refractivity contribution in [1.82, 2.24) is 9.21 Å². The molecule has 1 saturated heterocycles. The van der Waals surface area contributed by atoms with E-state index in [0.717, 1.165) is 62.7 Å². The van der Waals surface area contributed by atoms with E-state index in [-0.39, 0.29) is 11.2 Å². The van der Waals surface area contributed by atoms with Crippen LogP contribution in [0.15, 0.2) is 77.7 Å². The molecule has 1 unspecified atom stereocenters. The minimum Gasteiger partial charge on any atom is -0.384 e. The fraction of sp³-hybridized carbons (Fsp3) is 0.379. The fourth-order valence-corrected chi connectivity index (χ4v) is 6.57. The van der Waals surface area contributed by atoms with Crippen LogP contribution >= 0.6 is 23.5 Å². The van der Waals surface area contributed by atoms with Gasteiger partial charge in [0.15, 0.2) is 0 Å². The van der Waals surface area contributed by atoms with Crippen molar-refractivity contribution >= 4 is 29.2 Å². The van der Waals surface area contributed by atoms with E-state index in [2.05, 4.69) is 64.0 Å². The Kier molecular flexibility index (Phi) is 7.68. The molecule has 0 radical (unpaired) electrons. The van der Waals surface area contributed by atoms with Crippen LogP contribution in [0.25, 0.3) is 0 Å². The molecule has 5 rings (SSSR count). The molecule has 35 heavy (non-hydrogen) atoms. The van der Waals surface area contributed by atoms with Crippen LogP contribution in [0.4, 0.5) is 10.1 Å². The summed E-state index contributed by atoms with van der Waals surface area (Å²) < 4.78 is 16.3. The highest BCUT2D eigenvalue weighted by Crippen LogP contribution is 2.44. The zero-order chi connectivity index (χ0) is 24.3. The summed E-state index contributed by atoms with van der Waals surface area (Å²) in [6, 6.07) is 24.1. The van der Waals surface area contributed by atoms with E-state index in [9.17, 15) is 4.39 Å². The van der Waals surface area contributed by atoms with Crippen molar-refractivity contribution < 1.29 is 4.39 Å². The van der Waals surface area contributed by atoms with Gasteiger partial charge in [0.25, 0.3) is 0 Å². The lowest BCUT2D eigenvalue weighted by atomic mass is 9.74. The van der Waals surface area contributed by atoms with E-state index in [1.165, 1.54) is 16.0 Å². The third kappa shape index (κ3) is 5.86. The molecule has 3 nitrogen and oxygen atoms in total. The van der Waals surface area contributed by atoms with Gasteiger partial charge in [-0.1, -0.05) is 41.9 Å². The highest BCUT2D eigenvalue weighted by atomic mass is 35.5. The molecule has 0 amide bonds. The van der Waals surface area contributed by atoms with Gasteiger partial charge < -0.3 is 10.2 Å². The molecular weight excluding hydrogens is 477 g/mol. The lowest BCUT2D eigenvalue weighted by molar-refractivity contribution is 0.163. The number of piperidine rings is 1. The lowest BCUT2D eigenvalue weighted by Crippen LogP contribution is -2.44. The third-order valence-electron chi connectivity index (χ3n) is 7.60. The van der Waals surface area contributed by atoms with E-state index >= 15 is 0 Å². The van der Waals surface area contributed by atoms with Gasteiger partial charge in [0.1, 0.15) is 5.82 Å². The lowest BCUT2D eigenvalue weighted by Gasteiger charge is -2.40. The van der Waals surface area contributed by atoms with Gasteiger partial charge in [0.05, 0.1) is 0 Å². The van der Waals surface area contributed by atoms with Crippen LogP contribution in [-0.4, -0.2) is 49.0 Å². The van der Waals surface area contributed by atoms with Gasteiger partial charge in [-0.25, -0.2) is 8.70 Å². The van der Waals surface area contributed by atoms with E-state index in [0.29, 0.717) is 5.92 Å². The topological polar surface area (TPSA) is 18.5 Å². The molecule has 1 spiro atoms. The number of fused-ring (bicyclic) bond motifs is 2. The van der Waals surface area contributed by atoms with Gasteiger partial charge in [0.2, 0.25) is 0 Å². The number of anilines is 1. The number of nitrogens with zero attached hydrogens (tertiary/aromatic N) is 2. The van der Waals surface area contributed by atoms with Crippen molar-refractivity contribution in [3.05, 3.63) is 94.8 Å². The van der Waals surface area contributed by atoms with E-state index in [1.807, 2.05) is 18.2 Å². The highest BCUT2D eigenvalue weighted by Gasteiger charge is 2.41. The number of nitrogens with one attached hydrogen (secondary N) is 1. The molecule has 2 aliphatic heterocycles. The molecule has 2 aliphatic rings. The average Bonchev–Trinajstić information content (AvgIpc) is 3.22. The first kappa shape index (κ1) is 24.6. The molecule has 0 saturated carbocycles. The Morgan fingerprint density at radius 1 is 1.06 bits per heavy atom. The Morgan fingerprint density at radius 3 is 2.54 bits per heavy atom. The second kappa shape index (κ2) is 10.9. The van der Waals surface area contributed by atoms with Crippen LogP contribution in [0, 0.1) is 5.82 Å². The molecule has 1 atom stereocenters. The van der Waals surface area contributed by atoms with Crippen molar-refractivity contribution in [3.8, 4) is 0 Å². The third-order valence-corrected chi connectivity index (χ3v) is 8.80. The molecule has 2 heterocycles. The highest BCUT2D eigenvalue weighted by molar-refractivity contribution is 7.97. The van der Waals surface area contributed by atoms with Crippen LogP contribution < -0.4 is 5.32 Å². The Morgan fingerprint density at radius 2 is 1.80 bits per heavy atom. The number of halogens is 2. The molecule has 1 fully saturated rings. The Labute approximate surface area is 217 Å². The molecule has 3 aromatic carbocycles. The molecule has 0 aliphatic carbocycles. The number of hydrogen-bond donors (Lipinski definition) is 1. The summed E-state index contributed by atoms with van der Waals surface area (Å²) in [6.45, 7) is 5.12. The minimum absolute atomic E-state index is 0.0855. The van der Waals surface area contributed by atoms with E-state index in [4.69, 9.17) is 11.6 Å². The zero-order valence-electron chi connectivity index (χ0n) is 20.2. The van der Waals surface area contributed by atoms with Crippen molar-refractivity contribution in [1.29, 1.82) is 0 Å². The number of likely N-dealkylation sites (N-methyl/N-ethyl adjacent to an activating group) is 1. The quantitative estimate of drug-likeness (QED) is 0.328. The van der Waals surface area contributed by atoms with Gasteiger partial charge in [-0.2, -0.15) is 0 Å². The molecule has 0 aromatic heterocycles. The van der Waals surface area contributed by atoms with Crippen molar-refractivity contribution in [2.75, 3.05) is 45.1 Å². The van der Waals surface area contributed by atoms with Crippen molar-refractivity contribution in [3.63, 3.8) is 0 Å². The summed E-state index contributed by atoms with van der Waals surface area (Å²) in [7, 11) is 2.17. The molecule has 6 heteroatoms. The van der Waals surface area contributed by atoms with Gasteiger partial charge in [-0.3, -0.25) is 0 Å². The van der Waals surface area contributed by atoms with Crippen LogP contribution in [0.1, 0.15) is 36.3 Å². The number of rotatable bonds is 8. The van der Waals surface area contributed by atoms with Crippen LogP contribution in [0.5, 0.6) is 0 Å². The zero-order valence-corrected chi connectivity index (χ0v) is 21.8. The maximum absolute atomic E-state index is 14.0. The smallest absolute Gasteiger partial charge is 0.123 e. The Hall–Kier alpha value is -2.05. The summed E-state index contributed by atoms with van der Waals surface area (Å²) in [4.78, 5) is 3.80. The predicted octanol–water partition coefficient (Wildman–Crippen LogP) is 7.05. The van der Waals surface area contributed by atoms with Crippen molar-refractivity contribution in [2.45, 2.75) is 35.5 Å². The normalized spacial score (nSPS) is 17.9. The van der Waals surface area contributed by atoms with Gasteiger partial charge >= 0.3 is 0 Å². The Bertz CT molecular complexity index is 1120. The summed E-state index contributed by atoms with van der Waals surface area (Å²) in [5.74, 6) is 0.334. The summed E-state index contributed by atoms with van der Waals surface area (Å²) in [6.07, 6.45) is 3.28. The minimum atomic E-state index is -0.124. The Balaban J connectivity index is 1.19. The largest absolute Gasteiger partial charge is 0.384 e. The molecule has 0 bridgehead atoms. The first-order valence-corrected chi connectivity index (χ1v) is 13.6. The van der Waals surface area contributed by atoms with E-state index in [1.54, 1.807) is 24.1 Å². The maximum atomic E-state index is 14.0. The summed E-state index contributed by atoms with van der Waals surface area (Å²) in [5, 5.41) is 4.29. The average molecular weight is 510 g/mol. The molecule has 184 valence electrons. The first-order valence-electron chi connectivity index (χ1n) is 12.5. The second-order valence-corrected chi connectivity index (χ2v) is 11.6. The maximum Gasteiger partial charge on any atom is 0.123 e. The number of hydrogen-bond acceptors (Lipinski definition) is 4. The summed E-state index contributed by atoms with van der Waals surface area (Å²) >= 11 is 7.82. The van der Waals surface area contributed by atoms with Crippen LogP contribution in [0.3, 0.4) is 0 Å². The van der Waals surface area contributed by atoms with Crippen LogP contribution in [0.2, 0.25) is 5.02 Å². The van der Waals surface area contributed by atoms with Gasteiger partial charge in [-0.15, -0.1) is 0 Å². The monoisotopic (exact) mass is 509 g/mol. The SMILES string of the molecule is CN(CC(CCN1CCC2(CC1)CNc1ccc(F)cc12)c1ccccc1)Sc1ccc(Cl)cc1. The first-order chi connectivity index (χ1) is 17.0.